The molecule has 0 aliphatic carbocycles. The summed E-state index contributed by atoms with van der Waals surface area (Å²) in [5.74, 6) is 0.886. The van der Waals surface area contributed by atoms with E-state index in [0.717, 1.165) is 23.4 Å². The summed E-state index contributed by atoms with van der Waals surface area (Å²) in [5.41, 5.74) is 2.13. The third kappa shape index (κ3) is 2.99. The molecule has 1 heterocycles. The van der Waals surface area contributed by atoms with Gasteiger partial charge in [0.2, 0.25) is 0 Å². The summed E-state index contributed by atoms with van der Waals surface area (Å²) in [4.78, 5) is 13.9. The van der Waals surface area contributed by atoms with E-state index in [1.165, 1.54) is 22.3 Å². The van der Waals surface area contributed by atoms with E-state index < -0.39 is 0 Å². The molecule has 5 heteroatoms. The zero-order valence-electron chi connectivity index (χ0n) is 11.7. The number of H-pyrrole nitrogens is 1. The highest BCUT2D eigenvalue weighted by Gasteiger charge is 2.05. The summed E-state index contributed by atoms with van der Waals surface area (Å²) in [6.07, 6.45) is 0. The van der Waals surface area contributed by atoms with Gasteiger partial charge in [0.15, 0.2) is 0 Å². The van der Waals surface area contributed by atoms with Gasteiger partial charge in [0.1, 0.15) is 5.75 Å². The van der Waals surface area contributed by atoms with Crippen molar-refractivity contribution in [3.8, 4) is 5.75 Å². The second-order valence-electron chi connectivity index (χ2n) is 4.75. The van der Waals surface area contributed by atoms with Gasteiger partial charge in [0, 0.05) is 29.5 Å². The van der Waals surface area contributed by atoms with Crippen molar-refractivity contribution in [3.05, 3.63) is 62.7 Å². The first-order valence-electron chi connectivity index (χ1n) is 6.70. The Labute approximate surface area is 126 Å². The van der Waals surface area contributed by atoms with Crippen LogP contribution in [0.15, 0.2) is 46.6 Å². The summed E-state index contributed by atoms with van der Waals surface area (Å²) in [6.45, 7) is 1.39. The number of methoxy groups -OCH3 is 1. The van der Waals surface area contributed by atoms with E-state index in [-0.39, 0.29) is 4.87 Å². The third-order valence-electron chi connectivity index (χ3n) is 3.40. The average Bonchev–Trinajstić information content (AvgIpc) is 2.93. The number of hydrogen-bond acceptors (Lipinski definition) is 4. The molecule has 0 fully saturated rings. The van der Waals surface area contributed by atoms with Gasteiger partial charge in [0.05, 0.1) is 7.11 Å². The first kappa shape index (κ1) is 13.9. The van der Waals surface area contributed by atoms with Gasteiger partial charge in [-0.1, -0.05) is 41.7 Å². The van der Waals surface area contributed by atoms with E-state index in [1.807, 2.05) is 23.6 Å². The fourth-order valence-corrected chi connectivity index (χ4v) is 2.98. The highest BCUT2D eigenvalue weighted by molar-refractivity contribution is 7.07. The van der Waals surface area contributed by atoms with Crippen LogP contribution in [-0.4, -0.2) is 12.1 Å². The molecule has 21 heavy (non-hydrogen) atoms. The number of ether oxygens (including phenoxy) is 1. The molecule has 2 N–H and O–H groups in total. The largest absolute Gasteiger partial charge is 0.496 e. The van der Waals surface area contributed by atoms with Crippen LogP contribution < -0.4 is 14.9 Å². The molecule has 1 aromatic heterocycles. The normalized spacial score (nSPS) is 10.9. The highest BCUT2D eigenvalue weighted by atomic mass is 32.1. The number of hydrogen-bond donors (Lipinski definition) is 2. The molecule has 0 radical (unpaired) electrons. The van der Waals surface area contributed by atoms with Gasteiger partial charge < -0.3 is 15.0 Å². The molecule has 0 saturated carbocycles. The van der Waals surface area contributed by atoms with Crippen molar-refractivity contribution in [2.24, 2.45) is 0 Å². The van der Waals surface area contributed by atoms with Crippen LogP contribution in [0.1, 0.15) is 11.3 Å². The Kier molecular flexibility index (Phi) is 4.03. The molecule has 108 valence electrons. The van der Waals surface area contributed by atoms with Crippen LogP contribution in [0.4, 0.5) is 0 Å². The Hall–Kier alpha value is -2.11. The smallest absolute Gasteiger partial charge is 0.304 e. The maximum Gasteiger partial charge on any atom is 0.304 e. The van der Waals surface area contributed by atoms with Gasteiger partial charge in [-0.15, -0.1) is 0 Å². The molecule has 0 aliphatic rings. The van der Waals surface area contributed by atoms with Crippen molar-refractivity contribution in [1.29, 1.82) is 0 Å². The van der Waals surface area contributed by atoms with Gasteiger partial charge in [-0.3, -0.25) is 4.79 Å². The predicted octanol–water partition coefficient (Wildman–Crippen LogP) is 2.89. The predicted molar refractivity (Wildman–Crippen MR) is 86.0 cm³/mol. The van der Waals surface area contributed by atoms with E-state index in [2.05, 4.69) is 28.5 Å². The fourth-order valence-electron chi connectivity index (χ4n) is 2.40. The van der Waals surface area contributed by atoms with Gasteiger partial charge in [-0.05, 0) is 17.0 Å². The van der Waals surface area contributed by atoms with Crippen LogP contribution in [0, 0.1) is 0 Å². The topological polar surface area (TPSA) is 54.1 Å². The van der Waals surface area contributed by atoms with Crippen molar-refractivity contribution in [1.82, 2.24) is 10.3 Å². The Morgan fingerprint density at radius 1 is 1.14 bits per heavy atom. The Balaban J connectivity index is 1.79. The first-order chi connectivity index (χ1) is 10.3. The number of aromatic amines is 1. The molecule has 0 amide bonds. The van der Waals surface area contributed by atoms with E-state index in [9.17, 15) is 4.79 Å². The van der Waals surface area contributed by atoms with Gasteiger partial charge in [0.25, 0.3) is 0 Å². The van der Waals surface area contributed by atoms with Crippen LogP contribution in [0.25, 0.3) is 10.8 Å². The fraction of sp³-hybridized carbons (Fsp3) is 0.188. The van der Waals surface area contributed by atoms with Crippen molar-refractivity contribution >= 4 is 22.1 Å². The van der Waals surface area contributed by atoms with Crippen LogP contribution in [0.5, 0.6) is 5.75 Å². The number of nitrogens with one attached hydrogen (secondary N) is 2. The van der Waals surface area contributed by atoms with Gasteiger partial charge >= 0.3 is 4.87 Å². The van der Waals surface area contributed by atoms with Crippen LogP contribution >= 0.6 is 11.3 Å². The first-order valence-corrected chi connectivity index (χ1v) is 7.58. The molecular weight excluding hydrogens is 284 g/mol. The van der Waals surface area contributed by atoms with Crippen molar-refractivity contribution < 1.29 is 4.74 Å². The monoisotopic (exact) mass is 300 g/mol. The molecule has 0 unspecified atom stereocenters. The zero-order valence-corrected chi connectivity index (χ0v) is 12.5. The Morgan fingerprint density at radius 2 is 1.95 bits per heavy atom. The van der Waals surface area contributed by atoms with E-state index in [0.29, 0.717) is 6.54 Å². The van der Waals surface area contributed by atoms with E-state index in [1.54, 1.807) is 7.11 Å². The molecule has 0 spiro atoms. The maximum atomic E-state index is 11.1. The number of thiazole rings is 1. The lowest BCUT2D eigenvalue weighted by Crippen LogP contribution is -2.14. The number of rotatable bonds is 5. The SMILES string of the molecule is COc1ccc(CNCc2csc(=O)[nH]2)c2ccccc12. The summed E-state index contributed by atoms with van der Waals surface area (Å²) < 4.78 is 5.40. The minimum atomic E-state index is -0.0123. The lowest BCUT2D eigenvalue weighted by molar-refractivity contribution is 0.419. The second kappa shape index (κ2) is 6.11. The van der Waals surface area contributed by atoms with Crippen molar-refractivity contribution in [3.63, 3.8) is 0 Å². The average molecular weight is 300 g/mol. The molecule has 2 aromatic carbocycles. The summed E-state index contributed by atoms with van der Waals surface area (Å²) in [7, 11) is 1.69. The van der Waals surface area contributed by atoms with E-state index in [4.69, 9.17) is 4.74 Å². The molecule has 0 atom stereocenters. The Morgan fingerprint density at radius 3 is 2.67 bits per heavy atom. The van der Waals surface area contributed by atoms with Crippen LogP contribution in [-0.2, 0) is 13.1 Å². The molecule has 3 aromatic rings. The van der Waals surface area contributed by atoms with Crippen LogP contribution in [0.3, 0.4) is 0 Å². The molecule has 0 aliphatic heterocycles. The summed E-state index contributed by atoms with van der Waals surface area (Å²) in [5, 5.41) is 7.50. The molecular formula is C16H16N2O2S. The molecule has 0 bridgehead atoms. The van der Waals surface area contributed by atoms with E-state index >= 15 is 0 Å². The highest BCUT2D eigenvalue weighted by Crippen LogP contribution is 2.28. The minimum absolute atomic E-state index is 0.0123. The lowest BCUT2D eigenvalue weighted by atomic mass is 10.0. The van der Waals surface area contributed by atoms with Gasteiger partial charge in [-0.25, -0.2) is 0 Å². The van der Waals surface area contributed by atoms with Crippen molar-refractivity contribution in [2.75, 3.05) is 7.11 Å². The van der Waals surface area contributed by atoms with Gasteiger partial charge in [-0.2, -0.15) is 0 Å². The number of benzene rings is 2. The zero-order chi connectivity index (χ0) is 14.7. The number of fused-ring (bicyclic) bond motifs is 1. The quantitative estimate of drug-likeness (QED) is 0.762. The van der Waals surface area contributed by atoms with Crippen molar-refractivity contribution in [2.45, 2.75) is 13.1 Å². The van der Waals surface area contributed by atoms with Crippen LogP contribution in [0.2, 0.25) is 0 Å². The number of aromatic nitrogens is 1. The summed E-state index contributed by atoms with van der Waals surface area (Å²) >= 11 is 1.19. The molecule has 3 rings (SSSR count). The maximum absolute atomic E-state index is 11.1. The third-order valence-corrected chi connectivity index (χ3v) is 4.11. The minimum Gasteiger partial charge on any atom is -0.496 e. The second-order valence-corrected chi connectivity index (χ2v) is 5.59. The standard InChI is InChI=1S/C16H16N2O2S/c1-20-15-7-6-11(13-4-2-3-5-14(13)15)8-17-9-12-10-21-16(19)18-12/h2-7,10,17H,8-9H2,1H3,(H,18,19). The Bertz CT molecular complexity index is 807. The molecule has 0 saturated heterocycles. The molecule has 4 nitrogen and oxygen atoms in total. The summed E-state index contributed by atoms with van der Waals surface area (Å²) in [6, 6.07) is 12.3. The lowest BCUT2D eigenvalue weighted by Gasteiger charge is -2.11.